The maximum Gasteiger partial charge on any atom is 0.0806 e. The number of aliphatic hydroxyl groups excluding tert-OH is 2. The van der Waals surface area contributed by atoms with E-state index >= 15 is 0 Å². The predicted molar refractivity (Wildman–Crippen MR) is 32.1 cm³/mol. The summed E-state index contributed by atoms with van der Waals surface area (Å²) in [4.78, 5) is 3.78. The van der Waals surface area contributed by atoms with E-state index in [0.29, 0.717) is 12.3 Å². The fourth-order valence-electron chi connectivity index (χ4n) is 0.291. The molecule has 0 amide bonds. The van der Waals surface area contributed by atoms with Crippen molar-refractivity contribution < 1.29 is 10.2 Å². The summed E-state index contributed by atoms with van der Waals surface area (Å²) in [6.07, 6.45) is 0. The zero-order chi connectivity index (χ0) is 6.41. The lowest BCUT2D eigenvalue weighted by Gasteiger charge is -1.90. The summed E-state index contributed by atoms with van der Waals surface area (Å²) in [5.41, 5.74) is 0.666. The number of nitrogens with zero attached hydrogens (tertiary/aromatic N) is 1. The van der Waals surface area contributed by atoms with Crippen LogP contribution in [0.3, 0.4) is 0 Å². The molecular weight excluding hydrogens is 106 g/mol. The molecule has 0 heterocycles. The number of hydrogen-bond acceptors (Lipinski definition) is 3. The summed E-state index contributed by atoms with van der Waals surface area (Å²) in [5.74, 6) is 0. The van der Waals surface area contributed by atoms with Gasteiger partial charge < -0.3 is 10.2 Å². The van der Waals surface area contributed by atoms with Crippen LogP contribution in [-0.4, -0.2) is 35.7 Å². The molecule has 0 bridgehead atoms. The number of rotatable bonds is 3. The van der Waals surface area contributed by atoms with Crippen molar-refractivity contribution in [1.29, 1.82) is 0 Å². The lowest BCUT2D eigenvalue weighted by atomic mass is 10.4. The van der Waals surface area contributed by atoms with Gasteiger partial charge in [-0.25, -0.2) is 0 Å². The minimum absolute atomic E-state index is 0.0139. The standard InChI is InChI=1S/C5H11NO2/c1-5(4-8)6-2-3-7/h7-8H,2-4H2,1H3/b6-5-. The molecule has 0 aliphatic rings. The van der Waals surface area contributed by atoms with E-state index < -0.39 is 0 Å². The van der Waals surface area contributed by atoms with E-state index in [1.807, 2.05) is 0 Å². The Kier molecular flexibility index (Phi) is 4.50. The van der Waals surface area contributed by atoms with Crippen LogP contribution >= 0.6 is 0 Å². The van der Waals surface area contributed by atoms with Crippen molar-refractivity contribution in [3.63, 3.8) is 0 Å². The quantitative estimate of drug-likeness (QED) is 0.486. The van der Waals surface area contributed by atoms with E-state index in [0.717, 1.165) is 0 Å². The van der Waals surface area contributed by atoms with E-state index in [1.54, 1.807) is 6.92 Å². The van der Waals surface area contributed by atoms with Crippen molar-refractivity contribution in [1.82, 2.24) is 0 Å². The minimum atomic E-state index is -0.0139. The molecule has 3 nitrogen and oxygen atoms in total. The Morgan fingerprint density at radius 1 is 1.50 bits per heavy atom. The number of hydrogen-bond donors (Lipinski definition) is 2. The van der Waals surface area contributed by atoms with Crippen molar-refractivity contribution in [3.05, 3.63) is 0 Å². The molecule has 8 heavy (non-hydrogen) atoms. The molecule has 0 spiro atoms. The van der Waals surface area contributed by atoms with Crippen molar-refractivity contribution in [2.75, 3.05) is 19.8 Å². The highest BCUT2D eigenvalue weighted by atomic mass is 16.3. The SMILES string of the molecule is C/C(CO)=N/CCO. The second-order valence-corrected chi connectivity index (χ2v) is 1.50. The van der Waals surface area contributed by atoms with Gasteiger partial charge in [0.05, 0.1) is 19.8 Å². The Hall–Kier alpha value is -0.410. The third-order valence-corrected chi connectivity index (χ3v) is 0.711. The highest BCUT2D eigenvalue weighted by Crippen LogP contribution is 1.73. The molecule has 3 heteroatoms. The average molecular weight is 117 g/mol. The summed E-state index contributed by atoms with van der Waals surface area (Å²) in [5, 5.41) is 16.6. The van der Waals surface area contributed by atoms with E-state index in [9.17, 15) is 0 Å². The van der Waals surface area contributed by atoms with Crippen molar-refractivity contribution in [2.24, 2.45) is 4.99 Å². The Bertz CT molecular complexity index is 80.5. The van der Waals surface area contributed by atoms with E-state index in [1.165, 1.54) is 0 Å². The second kappa shape index (κ2) is 4.74. The topological polar surface area (TPSA) is 52.8 Å². The molecule has 0 aliphatic carbocycles. The predicted octanol–water partition coefficient (Wildman–Crippen LogP) is -0.568. The largest absolute Gasteiger partial charge is 0.394 e. The normalized spacial score (nSPS) is 12.1. The first-order valence-electron chi connectivity index (χ1n) is 2.53. The Labute approximate surface area is 48.7 Å². The van der Waals surface area contributed by atoms with Crippen molar-refractivity contribution >= 4 is 5.71 Å². The van der Waals surface area contributed by atoms with Gasteiger partial charge in [-0.2, -0.15) is 0 Å². The van der Waals surface area contributed by atoms with Crippen LogP contribution in [0.2, 0.25) is 0 Å². The monoisotopic (exact) mass is 117 g/mol. The highest BCUT2D eigenvalue weighted by Gasteiger charge is 1.82. The first kappa shape index (κ1) is 7.59. The van der Waals surface area contributed by atoms with Gasteiger partial charge >= 0.3 is 0 Å². The molecule has 0 saturated heterocycles. The van der Waals surface area contributed by atoms with Gasteiger partial charge in [0.1, 0.15) is 0 Å². The molecule has 0 rings (SSSR count). The molecule has 0 aromatic carbocycles. The molecule has 0 radical (unpaired) electrons. The van der Waals surface area contributed by atoms with Gasteiger partial charge in [-0.3, -0.25) is 4.99 Å². The van der Waals surface area contributed by atoms with Crippen LogP contribution in [-0.2, 0) is 0 Å². The van der Waals surface area contributed by atoms with Gasteiger partial charge in [-0.15, -0.1) is 0 Å². The lowest BCUT2D eigenvalue weighted by molar-refractivity contribution is 0.306. The van der Waals surface area contributed by atoms with Crippen LogP contribution in [0.4, 0.5) is 0 Å². The molecule has 0 fully saturated rings. The molecule has 0 saturated carbocycles. The maximum atomic E-state index is 8.35. The van der Waals surface area contributed by atoms with E-state index in [-0.39, 0.29) is 13.2 Å². The molecule has 0 aromatic heterocycles. The van der Waals surface area contributed by atoms with Crippen molar-refractivity contribution in [2.45, 2.75) is 6.92 Å². The molecule has 2 N–H and O–H groups in total. The third-order valence-electron chi connectivity index (χ3n) is 0.711. The second-order valence-electron chi connectivity index (χ2n) is 1.50. The van der Waals surface area contributed by atoms with Crippen LogP contribution in [0, 0.1) is 0 Å². The molecule has 0 aliphatic heterocycles. The van der Waals surface area contributed by atoms with Gasteiger partial charge in [-0.1, -0.05) is 0 Å². The number of aliphatic hydroxyl groups is 2. The third kappa shape index (κ3) is 3.77. The average Bonchev–Trinajstić information content (AvgIpc) is 1.83. The highest BCUT2D eigenvalue weighted by molar-refractivity contribution is 5.82. The summed E-state index contributed by atoms with van der Waals surface area (Å²) >= 11 is 0. The van der Waals surface area contributed by atoms with Crippen molar-refractivity contribution in [3.8, 4) is 0 Å². The maximum absolute atomic E-state index is 8.35. The van der Waals surface area contributed by atoms with Crippen LogP contribution < -0.4 is 0 Å². The first-order valence-corrected chi connectivity index (χ1v) is 2.53. The minimum Gasteiger partial charge on any atom is -0.394 e. The van der Waals surface area contributed by atoms with Gasteiger partial charge in [0.15, 0.2) is 0 Å². The van der Waals surface area contributed by atoms with Crippen LogP contribution in [0.25, 0.3) is 0 Å². The van der Waals surface area contributed by atoms with Gasteiger partial charge in [-0.05, 0) is 6.92 Å². The molecule has 0 unspecified atom stereocenters. The summed E-state index contributed by atoms with van der Waals surface area (Å²) in [6, 6.07) is 0. The van der Waals surface area contributed by atoms with E-state index in [4.69, 9.17) is 10.2 Å². The molecular formula is C5H11NO2. The van der Waals surface area contributed by atoms with Crippen LogP contribution in [0.15, 0.2) is 4.99 Å². The van der Waals surface area contributed by atoms with Gasteiger partial charge in [0, 0.05) is 5.71 Å². The summed E-state index contributed by atoms with van der Waals surface area (Å²) < 4.78 is 0. The lowest BCUT2D eigenvalue weighted by Crippen LogP contribution is -2.00. The van der Waals surface area contributed by atoms with Gasteiger partial charge in [0.25, 0.3) is 0 Å². The fraction of sp³-hybridized carbons (Fsp3) is 0.800. The summed E-state index contributed by atoms with van der Waals surface area (Å²) in [7, 11) is 0. The van der Waals surface area contributed by atoms with Gasteiger partial charge in [0.2, 0.25) is 0 Å². The Morgan fingerprint density at radius 3 is 2.50 bits per heavy atom. The summed E-state index contributed by atoms with van der Waals surface area (Å²) in [6.45, 7) is 2.15. The first-order chi connectivity index (χ1) is 3.81. The Morgan fingerprint density at radius 2 is 2.12 bits per heavy atom. The smallest absolute Gasteiger partial charge is 0.0806 e. The zero-order valence-corrected chi connectivity index (χ0v) is 4.96. The molecule has 0 aromatic rings. The molecule has 0 atom stereocenters. The van der Waals surface area contributed by atoms with E-state index in [2.05, 4.69) is 4.99 Å². The van der Waals surface area contributed by atoms with Crippen LogP contribution in [0.5, 0.6) is 0 Å². The number of aliphatic imine (C=N–C) groups is 1. The Balaban J connectivity index is 3.26. The van der Waals surface area contributed by atoms with Crippen LogP contribution in [0.1, 0.15) is 6.92 Å². The fourth-order valence-corrected chi connectivity index (χ4v) is 0.291. The molecule has 48 valence electrons. The zero-order valence-electron chi connectivity index (χ0n) is 4.96.